The minimum absolute atomic E-state index is 0. The van der Waals surface area contributed by atoms with Crippen molar-refractivity contribution < 1.29 is 41.4 Å². The molecule has 3 heterocycles. The van der Waals surface area contributed by atoms with E-state index in [4.69, 9.17) is 3.89 Å². The summed E-state index contributed by atoms with van der Waals surface area (Å²) in [5, 5.41) is 5.76. The molecule has 1 saturated heterocycles. The first-order valence-corrected chi connectivity index (χ1v) is 7.46. The molecule has 2 radical (unpaired) electrons. The number of aromatic nitrogens is 2. The summed E-state index contributed by atoms with van der Waals surface area (Å²) in [6.07, 6.45) is 1.84. The molecule has 9 heteroatoms. The number of aryl methyl sites for hydroxylation is 1. The van der Waals surface area contributed by atoms with Crippen molar-refractivity contribution in [3.05, 3.63) is 17.5 Å². The monoisotopic (exact) mass is 355 g/mol. The maximum absolute atomic E-state index is 12.0. The SMILES string of the molecule is CN.[CH3][Al][O]N1C(=O)N2Cc3c(cnn3C)C1C2.[Y]. The van der Waals surface area contributed by atoms with Gasteiger partial charge in [0.2, 0.25) is 0 Å². The zero-order valence-corrected chi connectivity index (χ0v) is 15.4. The number of rotatable bonds is 2. The predicted octanol–water partition coefficient (Wildman–Crippen LogP) is -0.116. The molecule has 2 amide bonds. The molecule has 1 aromatic heterocycles. The van der Waals surface area contributed by atoms with E-state index < -0.39 is 0 Å². The fourth-order valence-corrected chi connectivity index (χ4v) is 2.82. The molecule has 3 rings (SSSR count). The third-order valence-electron chi connectivity index (χ3n) is 3.15. The number of carbonyl (C=O) groups is 1. The molecule has 2 N–H and O–H groups in total. The van der Waals surface area contributed by atoms with E-state index >= 15 is 0 Å². The smallest absolute Gasteiger partial charge is 0.411 e. The fourth-order valence-electron chi connectivity index (χ4n) is 2.36. The standard InChI is InChI=1S/C8H9N4O2.CH5N.CH3.Al.Y/c1-10-6-3-11-4-7(5(6)2-9-10)12(14)8(11)13;1-2;;;/h2,7H,3-4H2,1H3;2H2,1H3;1H3;;/q-1;;;+1;. The van der Waals surface area contributed by atoms with Gasteiger partial charge in [-0.2, -0.15) is 5.10 Å². The molecule has 1 atom stereocenters. The van der Waals surface area contributed by atoms with Crippen LogP contribution in [0.1, 0.15) is 17.3 Å². The van der Waals surface area contributed by atoms with Gasteiger partial charge in [0, 0.05) is 45.3 Å². The molecule has 0 saturated carbocycles. The van der Waals surface area contributed by atoms with Gasteiger partial charge in [-0.1, -0.05) is 5.79 Å². The van der Waals surface area contributed by atoms with Crippen molar-refractivity contribution in [1.82, 2.24) is 19.7 Å². The molecule has 2 bridgehead atoms. The van der Waals surface area contributed by atoms with Gasteiger partial charge in [0.1, 0.15) is 6.04 Å². The summed E-state index contributed by atoms with van der Waals surface area (Å²) in [5.41, 5.74) is 6.74. The van der Waals surface area contributed by atoms with Crippen molar-refractivity contribution in [3.8, 4) is 0 Å². The van der Waals surface area contributed by atoms with Gasteiger partial charge in [-0.05, 0) is 7.05 Å². The maximum Gasteiger partial charge on any atom is 0.465 e. The molecule has 19 heavy (non-hydrogen) atoms. The van der Waals surface area contributed by atoms with Gasteiger partial charge in [0.05, 0.1) is 25.0 Å². The molecule has 1 aromatic rings. The largest absolute Gasteiger partial charge is 0.465 e. The second-order valence-corrected chi connectivity index (χ2v) is 4.70. The molecule has 1 unspecified atom stereocenters. The number of fused-ring (bicyclic) bond motifs is 4. The third kappa shape index (κ3) is 2.89. The number of hydrogen-bond acceptors (Lipinski definition) is 4. The topological polar surface area (TPSA) is 76.6 Å². The number of amides is 2. The van der Waals surface area contributed by atoms with Gasteiger partial charge in [0.25, 0.3) is 0 Å². The van der Waals surface area contributed by atoms with Gasteiger partial charge in [-0.3, -0.25) is 4.68 Å². The van der Waals surface area contributed by atoms with Crippen LogP contribution in [0.4, 0.5) is 4.79 Å². The van der Waals surface area contributed by atoms with Crippen molar-refractivity contribution >= 4 is 21.6 Å². The molecule has 2 aliphatic rings. The first-order valence-electron chi connectivity index (χ1n) is 5.83. The minimum atomic E-state index is -0.173. The number of urea groups is 1. The quantitative estimate of drug-likeness (QED) is 0.751. The van der Waals surface area contributed by atoms with Gasteiger partial charge >= 0.3 is 21.6 Å². The Balaban J connectivity index is 0.000000576. The zero-order valence-electron chi connectivity index (χ0n) is 11.4. The molecule has 7 nitrogen and oxygen atoms in total. The summed E-state index contributed by atoms with van der Waals surface area (Å²) in [6, 6.07) is 0.00736. The molecule has 0 aromatic carbocycles. The van der Waals surface area contributed by atoms with Crippen LogP contribution in [0, 0.1) is 0 Å². The molecular formula is C10H17AlN5O2Y. The molecular weight excluding hydrogens is 338 g/mol. The van der Waals surface area contributed by atoms with E-state index in [0.717, 1.165) is 17.8 Å². The number of nitrogens with two attached hydrogens (primary N) is 1. The summed E-state index contributed by atoms with van der Waals surface area (Å²) >= 11 is -0.173. The van der Waals surface area contributed by atoms with Gasteiger partial charge in [0.15, 0.2) is 0 Å². The van der Waals surface area contributed by atoms with Crippen LogP contribution in [0.2, 0.25) is 5.79 Å². The molecule has 0 spiro atoms. The zero-order chi connectivity index (χ0) is 13.3. The Hall–Kier alpha value is 0.0364. The molecule has 0 aliphatic carbocycles. The Kier molecular flexibility index (Phi) is 6.44. The van der Waals surface area contributed by atoms with Crippen molar-refractivity contribution in [2.75, 3.05) is 13.6 Å². The maximum atomic E-state index is 12.0. The predicted molar refractivity (Wildman–Crippen MR) is 66.4 cm³/mol. The van der Waals surface area contributed by atoms with E-state index in [9.17, 15) is 4.79 Å². The summed E-state index contributed by atoms with van der Waals surface area (Å²) < 4.78 is 7.32. The third-order valence-corrected chi connectivity index (χ3v) is 3.59. The molecule has 2 aliphatic heterocycles. The van der Waals surface area contributed by atoms with Crippen LogP contribution in [0.3, 0.4) is 0 Å². The normalized spacial score (nSPS) is 19.4. The molecule has 1 fully saturated rings. The van der Waals surface area contributed by atoms with Crippen LogP contribution in [-0.4, -0.2) is 54.9 Å². The van der Waals surface area contributed by atoms with Crippen LogP contribution in [0.25, 0.3) is 0 Å². The van der Waals surface area contributed by atoms with Crippen LogP contribution in [0.15, 0.2) is 6.20 Å². The van der Waals surface area contributed by atoms with E-state index in [2.05, 4.69) is 10.8 Å². The summed E-state index contributed by atoms with van der Waals surface area (Å²) in [4.78, 5) is 13.8. The Labute approximate surface area is 144 Å². The summed E-state index contributed by atoms with van der Waals surface area (Å²) in [7, 11) is 3.41. The van der Waals surface area contributed by atoms with E-state index in [1.165, 1.54) is 12.1 Å². The average molecular weight is 355 g/mol. The number of carbonyl (C=O) groups excluding carboxylic acids is 1. The fraction of sp³-hybridized carbons (Fsp3) is 0.600. The Morgan fingerprint density at radius 1 is 1.53 bits per heavy atom. The first-order chi connectivity index (χ1) is 8.72. The van der Waals surface area contributed by atoms with Crippen molar-refractivity contribution in [2.24, 2.45) is 12.8 Å². The van der Waals surface area contributed by atoms with Crippen LogP contribution >= 0.6 is 0 Å². The summed E-state index contributed by atoms with van der Waals surface area (Å²) in [6.45, 7) is 1.36. The van der Waals surface area contributed by atoms with Crippen molar-refractivity contribution in [1.29, 1.82) is 0 Å². The second kappa shape index (κ2) is 7.16. The number of nitrogens with zero attached hydrogens (tertiary/aromatic N) is 4. The molecule has 100 valence electrons. The number of hydrogen-bond donors (Lipinski definition) is 1. The average Bonchev–Trinajstić information content (AvgIpc) is 2.88. The van der Waals surface area contributed by atoms with Gasteiger partial charge in [-0.25, -0.2) is 9.86 Å². The van der Waals surface area contributed by atoms with Gasteiger partial charge in [-0.15, -0.1) is 0 Å². The van der Waals surface area contributed by atoms with E-state index in [0.29, 0.717) is 6.54 Å². The Bertz CT molecular complexity index is 455. The van der Waals surface area contributed by atoms with Crippen LogP contribution < -0.4 is 5.73 Å². The van der Waals surface area contributed by atoms with Crippen molar-refractivity contribution in [2.45, 2.75) is 18.4 Å². The van der Waals surface area contributed by atoms with Crippen molar-refractivity contribution in [3.63, 3.8) is 0 Å². The summed E-state index contributed by atoms with van der Waals surface area (Å²) in [5.74, 6) is 1.97. The van der Waals surface area contributed by atoms with E-state index in [1.807, 2.05) is 28.6 Å². The first kappa shape index (κ1) is 17.1. The number of hydroxylamine groups is 2. The second-order valence-electron chi connectivity index (χ2n) is 4.02. The Morgan fingerprint density at radius 2 is 2.21 bits per heavy atom. The van der Waals surface area contributed by atoms with Crippen LogP contribution in [-0.2, 0) is 50.2 Å². The van der Waals surface area contributed by atoms with E-state index in [-0.39, 0.29) is 60.3 Å². The minimum Gasteiger partial charge on any atom is -0.411 e. The van der Waals surface area contributed by atoms with Crippen LogP contribution in [0.5, 0.6) is 0 Å². The van der Waals surface area contributed by atoms with E-state index in [1.54, 1.807) is 0 Å². The Morgan fingerprint density at radius 3 is 2.84 bits per heavy atom. The van der Waals surface area contributed by atoms with Gasteiger partial charge < -0.3 is 14.5 Å².